The Morgan fingerprint density at radius 3 is 2.57 bits per heavy atom. The van der Waals surface area contributed by atoms with E-state index in [0.717, 1.165) is 23.9 Å². The van der Waals surface area contributed by atoms with Gasteiger partial charge in [-0.05, 0) is 67.4 Å². The lowest BCUT2D eigenvalue weighted by Crippen LogP contribution is -2.59. The van der Waals surface area contributed by atoms with Crippen LogP contribution in [0.25, 0.3) is 0 Å². The van der Waals surface area contributed by atoms with Gasteiger partial charge in [-0.15, -0.1) is 0 Å². The number of ether oxygens (including phenoxy) is 1. The van der Waals surface area contributed by atoms with Gasteiger partial charge in [0.05, 0.1) is 18.2 Å². The molecule has 5 fully saturated rings. The van der Waals surface area contributed by atoms with E-state index >= 15 is 0 Å². The third-order valence-corrected chi connectivity index (χ3v) is 7.51. The van der Waals surface area contributed by atoms with Crippen molar-refractivity contribution < 1.29 is 9.53 Å². The van der Waals surface area contributed by atoms with Crippen molar-refractivity contribution in [1.82, 2.24) is 10.2 Å². The van der Waals surface area contributed by atoms with Gasteiger partial charge < -0.3 is 10.1 Å². The fourth-order valence-corrected chi connectivity index (χ4v) is 6.43. The van der Waals surface area contributed by atoms with E-state index in [2.05, 4.69) is 16.3 Å². The molecular formula is C23H29N3O2. The van der Waals surface area contributed by atoms with E-state index in [9.17, 15) is 10.1 Å². The predicted molar refractivity (Wildman–Crippen MR) is 105 cm³/mol. The molecule has 6 rings (SSSR count). The summed E-state index contributed by atoms with van der Waals surface area (Å²) in [5.74, 6) is 3.26. The zero-order chi connectivity index (χ0) is 19.1. The highest BCUT2D eigenvalue weighted by Gasteiger charge is 2.49. The Bertz CT molecular complexity index is 758. The van der Waals surface area contributed by atoms with Gasteiger partial charge in [0.25, 0.3) is 5.91 Å². The van der Waals surface area contributed by atoms with Crippen molar-refractivity contribution in [3.05, 3.63) is 35.4 Å². The van der Waals surface area contributed by atoms with E-state index in [0.29, 0.717) is 43.1 Å². The van der Waals surface area contributed by atoms with Crippen LogP contribution in [0, 0.1) is 35.0 Å². The van der Waals surface area contributed by atoms with Gasteiger partial charge in [-0.1, -0.05) is 18.2 Å². The van der Waals surface area contributed by atoms with Crippen LogP contribution < -0.4 is 5.32 Å². The summed E-state index contributed by atoms with van der Waals surface area (Å²) in [6.45, 7) is 2.64. The molecule has 1 unspecified atom stereocenters. The molecule has 1 atom stereocenters. The maximum absolute atomic E-state index is 13.0. The lowest BCUT2D eigenvalue weighted by molar-refractivity contribution is -0.142. The first kappa shape index (κ1) is 18.1. The van der Waals surface area contributed by atoms with Crippen molar-refractivity contribution in [2.75, 3.05) is 19.7 Å². The lowest BCUT2D eigenvalue weighted by Gasteiger charge is -2.54. The number of benzene rings is 1. The molecule has 0 spiro atoms. The number of amides is 1. The molecule has 1 heterocycles. The Balaban J connectivity index is 1.21. The van der Waals surface area contributed by atoms with Crippen LogP contribution in [-0.2, 0) is 16.1 Å². The second kappa shape index (κ2) is 7.50. The minimum Gasteiger partial charge on any atom is -0.366 e. The number of nitrogens with one attached hydrogen (secondary N) is 1. The summed E-state index contributed by atoms with van der Waals surface area (Å²) >= 11 is 0. The smallest absolute Gasteiger partial charge is 0.250 e. The molecule has 28 heavy (non-hydrogen) atoms. The molecule has 5 heteroatoms. The first-order chi connectivity index (χ1) is 13.7. The fraction of sp³-hybridized carbons (Fsp3) is 0.652. The van der Waals surface area contributed by atoms with Crippen molar-refractivity contribution in [2.24, 2.45) is 23.7 Å². The first-order valence-corrected chi connectivity index (χ1v) is 10.8. The van der Waals surface area contributed by atoms with Gasteiger partial charge >= 0.3 is 0 Å². The summed E-state index contributed by atoms with van der Waals surface area (Å²) < 4.78 is 5.84. The van der Waals surface area contributed by atoms with Gasteiger partial charge in [0.2, 0.25) is 0 Å². The van der Waals surface area contributed by atoms with Gasteiger partial charge in [0.1, 0.15) is 6.10 Å². The predicted octanol–water partition coefficient (Wildman–Crippen LogP) is 2.70. The molecule has 1 aliphatic heterocycles. The number of nitrogens with zero attached hydrogens (tertiary/aromatic N) is 2. The molecule has 1 saturated heterocycles. The highest BCUT2D eigenvalue weighted by atomic mass is 16.5. The number of hydrogen-bond acceptors (Lipinski definition) is 4. The summed E-state index contributed by atoms with van der Waals surface area (Å²) in [4.78, 5) is 15.2. The molecule has 4 bridgehead atoms. The van der Waals surface area contributed by atoms with E-state index < -0.39 is 6.10 Å². The first-order valence-electron chi connectivity index (χ1n) is 10.8. The van der Waals surface area contributed by atoms with Crippen molar-refractivity contribution in [2.45, 2.75) is 50.8 Å². The minimum atomic E-state index is -0.403. The van der Waals surface area contributed by atoms with Crippen LogP contribution in [-0.4, -0.2) is 42.6 Å². The van der Waals surface area contributed by atoms with Crippen LogP contribution in [0.15, 0.2) is 24.3 Å². The molecule has 148 valence electrons. The Morgan fingerprint density at radius 2 is 1.86 bits per heavy atom. The topological polar surface area (TPSA) is 65.4 Å². The van der Waals surface area contributed by atoms with Gasteiger partial charge in [-0.3, -0.25) is 9.69 Å². The molecule has 0 radical (unpaired) electrons. The number of morpholine rings is 1. The molecule has 4 aliphatic carbocycles. The van der Waals surface area contributed by atoms with E-state index in [-0.39, 0.29) is 5.91 Å². The second-order valence-corrected chi connectivity index (χ2v) is 9.33. The Hall–Kier alpha value is -1.90. The molecule has 1 aromatic carbocycles. The molecule has 1 aromatic rings. The number of rotatable bonds is 4. The van der Waals surface area contributed by atoms with E-state index in [4.69, 9.17) is 4.74 Å². The summed E-state index contributed by atoms with van der Waals surface area (Å²) in [5, 5.41) is 12.7. The van der Waals surface area contributed by atoms with Crippen molar-refractivity contribution in [3.63, 3.8) is 0 Å². The summed E-state index contributed by atoms with van der Waals surface area (Å²) in [5.41, 5.74) is 1.73. The number of carbonyl (C=O) groups is 1. The zero-order valence-electron chi connectivity index (χ0n) is 16.3. The zero-order valence-corrected chi connectivity index (χ0v) is 16.3. The van der Waals surface area contributed by atoms with Gasteiger partial charge in [0, 0.05) is 25.7 Å². The van der Waals surface area contributed by atoms with Crippen molar-refractivity contribution in [3.8, 4) is 6.07 Å². The number of nitriles is 1. The van der Waals surface area contributed by atoms with Gasteiger partial charge in [-0.2, -0.15) is 5.26 Å². The van der Waals surface area contributed by atoms with Crippen molar-refractivity contribution in [1.29, 1.82) is 5.26 Å². The van der Waals surface area contributed by atoms with E-state index in [1.807, 2.05) is 24.3 Å². The fourth-order valence-electron chi connectivity index (χ4n) is 6.43. The number of carbonyl (C=O) groups excluding carboxylic acids is 1. The lowest BCUT2D eigenvalue weighted by atomic mass is 9.54. The summed E-state index contributed by atoms with van der Waals surface area (Å²) in [7, 11) is 0. The summed E-state index contributed by atoms with van der Waals surface area (Å²) in [6.07, 6.45) is 6.25. The van der Waals surface area contributed by atoms with Crippen LogP contribution in [0.4, 0.5) is 0 Å². The molecule has 4 saturated carbocycles. The highest BCUT2D eigenvalue weighted by Crippen LogP contribution is 2.53. The minimum absolute atomic E-state index is 0.0655. The monoisotopic (exact) mass is 379 g/mol. The van der Waals surface area contributed by atoms with Gasteiger partial charge in [0.15, 0.2) is 0 Å². The molecule has 5 aliphatic rings. The standard InChI is InChI=1S/C23H29N3O2/c24-12-17-3-1-2-4-18(17)13-26-5-6-28-21(14-26)23(27)25-22-19-8-15-7-16(10-19)11-20(22)9-15/h1-4,15-16,19-22H,5-11,13-14H2,(H,25,27). The van der Waals surface area contributed by atoms with Crippen LogP contribution in [0.1, 0.15) is 43.2 Å². The third-order valence-electron chi connectivity index (χ3n) is 7.51. The largest absolute Gasteiger partial charge is 0.366 e. The van der Waals surface area contributed by atoms with E-state index in [1.165, 1.54) is 32.1 Å². The SMILES string of the molecule is N#Cc1ccccc1CN1CCOC(C(=O)NC2C3CC4CC(C3)CC2C4)C1. The second-order valence-electron chi connectivity index (χ2n) is 9.33. The Labute approximate surface area is 167 Å². The van der Waals surface area contributed by atoms with Crippen LogP contribution in [0.5, 0.6) is 0 Å². The molecule has 5 nitrogen and oxygen atoms in total. The third kappa shape index (κ3) is 3.44. The van der Waals surface area contributed by atoms with Crippen LogP contribution in [0.2, 0.25) is 0 Å². The quantitative estimate of drug-likeness (QED) is 0.874. The highest BCUT2D eigenvalue weighted by molar-refractivity contribution is 5.81. The molecular weight excluding hydrogens is 350 g/mol. The van der Waals surface area contributed by atoms with Crippen molar-refractivity contribution >= 4 is 5.91 Å². The Morgan fingerprint density at radius 1 is 1.14 bits per heavy atom. The van der Waals surface area contributed by atoms with Gasteiger partial charge in [-0.25, -0.2) is 0 Å². The van der Waals surface area contributed by atoms with E-state index in [1.54, 1.807) is 0 Å². The Kier molecular flexibility index (Phi) is 4.86. The van der Waals surface area contributed by atoms with Crippen LogP contribution >= 0.6 is 0 Å². The normalized spacial score (nSPS) is 36.8. The number of hydrogen-bond donors (Lipinski definition) is 1. The van der Waals surface area contributed by atoms with Crippen LogP contribution in [0.3, 0.4) is 0 Å². The molecule has 1 amide bonds. The molecule has 1 N–H and O–H groups in total. The molecule has 0 aromatic heterocycles. The average molecular weight is 380 g/mol. The summed E-state index contributed by atoms with van der Waals surface area (Å²) in [6, 6.07) is 10.3. The average Bonchev–Trinajstić information content (AvgIpc) is 2.70. The maximum Gasteiger partial charge on any atom is 0.250 e. The maximum atomic E-state index is 13.0.